The maximum atomic E-state index is 15.1. The maximum Gasteiger partial charge on any atom is 0.301 e. The smallest absolute Gasteiger partial charge is 0.301 e. The zero-order valence-corrected chi connectivity index (χ0v) is 36.9. The van der Waals surface area contributed by atoms with Crippen LogP contribution in [0.25, 0.3) is 21.8 Å². The predicted octanol–water partition coefficient (Wildman–Crippen LogP) is 4.72. The van der Waals surface area contributed by atoms with Crippen LogP contribution in [0.2, 0.25) is 0 Å². The second-order valence-electron chi connectivity index (χ2n) is 16.9. The molecule has 3 aliphatic rings. The Morgan fingerprint density at radius 3 is 2.50 bits per heavy atom. The van der Waals surface area contributed by atoms with E-state index in [9.17, 15) is 32.9 Å². The molecule has 0 aliphatic carbocycles. The minimum Gasteiger partial charge on any atom is -0.453 e. The van der Waals surface area contributed by atoms with E-state index in [2.05, 4.69) is 37.2 Å². The predicted molar refractivity (Wildman–Crippen MR) is 236 cm³/mol. The molecular formula is C45H51FN10O7S. The maximum absolute atomic E-state index is 15.1. The standard InChI is InChI=1S/C45H51FN10O7S/c1-4-52(2)64(61,62)51-38-11-9-36(46)43(35(38)25-47)63-31-6-10-37-34(24-31)45(60)56(27-48-37)22-15-28-13-20-55(21-14-28)41(58)26-54-18-16-29(17-19-54)30-5-7-32-39(23-30)53(3)50-42(32)33-8-12-40(57)49-44(33)59/h5-7,9-11,23-24,27-29,33,51H,4,8,12-22,26H2,1-3H3,(H,49,57,59). The van der Waals surface area contributed by atoms with Crippen molar-refractivity contribution in [1.82, 2.24) is 38.8 Å². The van der Waals surface area contributed by atoms with Gasteiger partial charge in [-0.2, -0.15) is 23.1 Å². The number of carbonyl (C=O) groups excluding carboxylic acids is 3. The molecule has 1 unspecified atom stereocenters. The van der Waals surface area contributed by atoms with Gasteiger partial charge in [0.15, 0.2) is 11.6 Å². The number of carbonyl (C=O) groups is 3. The number of piperidine rings is 3. The topological polar surface area (TPSA) is 205 Å². The monoisotopic (exact) mass is 894 g/mol. The number of benzene rings is 3. The number of aromatic nitrogens is 4. The molecule has 8 rings (SSSR count). The van der Waals surface area contributed by atoms with Crippen molar-refractivity contribution < 1.29 is 31.9 Å². The fraction of sp³-hybridized carbons (Fsp3) is 0.444. The van der Waals surface area contributed by atoms with E-state index >= 15 is 4.39 Å². The third kappa shape index (κ3) is 9.21. The number of likely N-dealkylation sites (tertiary alicyclic amines) is 2. The third-order valence-electron chi connectivity index (χ3n) is 13.0. The second kappa shape index (κ2) is 18.5. The fourth-order valence-corrected chi connectivity index (χ4v) is 9.94. The van der Waals surface area contributed by atoms with Crippen LogP contribution in [0, 0.1) is 23.1 Å². The molecule has 3 saturated heterocycles. The number of aryl methyl sites for hydroxylation is 2. The lowest BCUT2D eigenvalue weighted by molar-refractivity contribution is -0.135. The Balaban J connectivity index is 0.824. The van der Waals surface area contributed by atoms with Gasteiger partial charge in [-0.1, -0.05) is 19.1 Å². The van der Waals surface area contributed by atoms with Gasteiger partial charge in [0, 0.05) is 52.1 Å². The van der Waals surface area contributed by atoms with E-state index in [0.29, 0.717) is 68.5 Å². The molecule has 3 amide bonds. The molecule has 3 aliphatic heterocycles. The first-order valence-electron chi connectivity index (χ1n) is 21.7. The SMILES string of the molecule is CCN(C)S(=O)(=O)Nc1ccc(F)c(Oc2ccc3ncn(CCC4CCN(C(=O)CN5CCC(c6ccc7c(C8CCC(=O)NC8=O)nn(C)c7c6)CC5)CC4)c(=O)c3c2)c1C#N. The minimum atomic E-state index is -4.01. The molecule has 3 aromatic carbocycles. The van der Waals surface area contributed by atoms with Crippen LogP contribution >= 0.6 is 0 Å². The van der Waals surface area contributed by atoms with Crippen LogP contribution in [0.1, 0.15) is 80.5 Å². The van der Waals surface area contributed by atoms with Crippen molar-refractivity contribution >= 4 is 55.4 Å². The molecule has 1 atom stereocenters. The summed E-state index contributed by atoms with van der Waals surface area (Å²) >= 11 is 0. The average molecular weight is 895 g/mol. The Labute approximate surface area is 369 Å². The molecule has 5 heterocycles. The molecule has 19 heteroatoms. The Morgan fingerprint density at radius 2 is 1.78 bits per heavy atom. The highest BCUT2D eigenvalue weighted by molar-refractivity contribution is 7.90. The Kier molecular flexibility index (Phi) is 12.8. The number of rotatable bonds is 13. The van der Waals surface area contributed by atoms with Crippen LogP contribution in [-0.4, -0.2) is 106 Å². The molecule has 2 N–H and O–H groups in total. The van der Waals surface area contributed by atoms with Gasteiger partial charge in [0.2, 0.25) is 17.7 Å². The zero-order chi connectivity index (χ0) is 45.3. The molecule has 0 spiro atoms. The Morgan fingerprint density at radius 1 is 1.02 bits per heavy atom. The van der Waals surface area contributed by atoms with E-state index < -0.39 is 27.7 Å². The lowest BCUT2D eigenvalue weighted by atomic mass is 9.88. The van der Waals surface area contributed by atoms with Crippen molar-refractivity contribution in [3.63, 3.8) is 0 Å². The number of nitrogens with one attached hydrogen (secondary N) is 2. The van der Waals surface area contributed by atoms with E-state index in [4.69, 9.17) is 4.74 Å². The van der Waals surface area contributed by atoms with Gasteiger partial charge in [-0.15, -0.1) is 0 Å². The number of imide groups is 1. The number of hydrogen-bond donors (Lipinski definition) is 2. The zero-order valence-electron chi connectivity index (χ0n) is 36.0. The van der Waals surface area contributed by atoms with E-state index in [-0.39, 0.29) is 52.2 Å². The highest BCUT2D eigenvalue weighted by Gasteiger charge is 2.33. The molecule has 64 heavy (non-hydrogen) atoms. The quantitative estimate of drug-likeness (QED) is 0.155. The highest BCUT2D eigenvalue weighted by Crippen LogP contribution is 2.36. The normalized spacial score (nSPS) is 18.1. The van der Waals surface area contributed by atoms with E-state index in [0.717, 1.165) is 66.1 Å². The number of hydrogen-bond acceptors (Lipinski definition) is 11. The molecule has 3 fully saturated rings. The van der Waals surface area contributed by atoms with Crippen LogP contribution in [0.15, 0.2) is 59.7 Å². The van der Waals surface area contributed by atoms with Crippen molar-refractivity contribution in [1.29, 1.82) is 5.26 Å². The Hall–Kier alpha value is -6.23. The summed E-state index contributed by atoms with van der Waals surface area (Å²) in [6.45, 7) is 5.52. The Bertz CT molecular complexity index is 2840. The number of nitrogens with zero attached hydrogens (tertiary/aromatic N) is 8. The van der Waals surface area contributed by atoms with Crippen molar-refractivity contribution in [2.75, 3.05) is 51.0 Å². The van der Waals surface area contributed by atoms with Crippen molar-refractivity contribution in [2.45, 2.75) is 70.3 Å². The molecule has 5 aromatic rings. The van der Waals surface area contributed by atoms with Crippen LogP contribution in [0.4, 0.5) is 10.1 Å². The average Bonchev–Trinajstić information content (AvgIpc) is 3.62. The molecule has 0 saturated carbocycles. The van der Waals surface area contributed by atoms with Gasteiger partial charge < -0.3 is 9.64 Å². The summed E-state index contributed by atoms with van der Waals surface area (Å²) in [7, 11) is -0.770. The van der Waals surface area contributed by atoms with Crippen LogP contribution in [0.5, 0.6) is 11.5 Å². The minimum absolute atomic E-state index is 0.0674. The molecule has 2 aromatic heterocycles. The van der Waals surface area contributed by atoms with Gasteiger partial charge in [-0.25, -0.2) is 9.37 Å². The largest absolute Gasteiger partial charge is 0.453 e. The number of anilines is 1. The van der Waals surface area contributed by atoms with Gasteiger partial charge in [0.25, 0.3) is 5.56 Å². The lowest BCUT2D eigenvalue weighted by Crippen LogP contribution is -2.46. The first kappa shape index (κ1) is 44.4. The summed E-state index contributed by atoms with van der Waals surface area (Å²) in [5.41, 5.74) is 2.47. The van der Waals surface area contributed by atoms with Crippen LogP contribution in [-0.2, 0) is 38.2 Å². The first-order chi connectivity index (χ1) is 30.7. The third-order valence-corrected chi connectivity index (χ3v) is 14.5. The summed E-state index contributed by atoms with van der Waals surface area (Å²) < 4.78 is 52.8. The number of amides is 3. The summed E-state index contributed by atoms with van der Waals surface area (Å²) in [5.74, 6) is -1.51. The van der Waals surface area contributed by atoms with Gasteiger partial charge in [-0.05, 0) is 105 Å². The van der Waals surface area contributed by atoms with Gasteiger partial charge in [0.05, 0.1) is 46.6 Å². The lowest BCUT2D eigenvalue weighted by Gasteiger charge is -2.36. The molecule has 0 radical (unpaired) electrons. The number of fused-ring (bicyclic) bond motifs is 2. The van der Waals surface area contributed by atoms with E-state index in [1.54, 1.807) is 13.0 Å². The summed E-state index contributed by atoms with van der Waals surface area (Å²) in [5, 5.41) is 18.2. The van der Waals surface area contributed by atoms with Crippen LogP contribution in [0.3, 0.4) is 0 Å². The highest BCUT2D eigenvalue weighted by atomic mass is 32.2. The number of ether oxygens (including phenoxy) is 1. The number of halogens is 1. The first-order valence-corrected chi connectivity index (χ1v) is 23.1. The van der Waals surface area contributed by atoms with Crippen molar-refractivity contribution in [2.24, 2.45) is 13.0 Å². The summed E-state index contributed by atoms with van der Waals surface area (Å²) in [6.07, 6.45) is 6.46. The van der Waals surface area contributed by atoms with Crippen LogP contribution < -0.4 is 20.3 Å². The van der Waals surface area contributed by atoms with Gasteiger partial charge in [0.1, 0.15) is 17.4 Å². The van der Waals surface area contributed by atoms with Gasteiger partial charge in [-0.3, -0.25) is 43.4 Å². The molecule has 17 nitrogen and oxygen atoms in total. The van der Waals surface area contributed by atoms with E-state index in [1.165, 1.54) is 35.6 Å². The molecule has 336 valence electrons. The second-order valence-corrected chi connectivity index (χ2v) is 18.7. The number of nitriles is 1. The molecular weight excluding hydrogens is 844 g/mol. The van der Waals surface area contributed by atoms with Gasteiger partial charge >= 0.3 is 10.2 Å². The van der Waals surface area contributed by atoms with E-state index in [1.807, 2.05) is 28.8 Å². The van der Waals surface area contributed by atoms with Crippen molar-refractivity contribution in [3.05, 3.63) is 87.9 Å². The molecule has 0 bridgehead atoms. The summed E-state index contributed by atoms with van der Waals surface area (Å²) in [6, 6.07) is 14.8. The fourth-order valence-electron chi connectivity index (χ4n) is 9.00. The van der Waals surface area contributed by atoms with Crippen molar-refractivity contribution in [3.8, 4) is 17.6 Å². The summed E-state index contributed by atoms with van der Waals surface area (Å²) in [4.78, 5) is 60.0.